The molecule has 0 bridgehead atoms. The number of fused-ring (bicyclic) bond motifs is 1. The van der Waals surface area contributed by atoms with Crippen molar-refractivity contribution in [1.82, 2.24) is 9.97 Å². The number of nitrogens with one attached hydrogen (secondary N) is 1. The molecule has 2 aromatic carbocycles. The fraction of sp³-hybridized carbons (Fsp3) is 0.130. The van der Waals surface area contributed by atoms with Crippen molar-refractivity contribution in [3.63, 3.8) is 0 Å². The first kappa shape index (κ1) is 19.7. The van der Waals surface area contributed by atoms with Crippen LogP contribution in [0.1, 0.15) is 16.8 Å². The van der Waals surface area contributed by atoms with Gasteiger partial charge < -0.3 is 14.8 Å². The van der Waals surface area contributed by atoms with Gasteiger partial charge in [0.1, 0.15) is 5.75 Å². The molecule has 2 heterocycles. The fourth-order valence-corrected chi connectivity index (χ4v) is 3.31. The summed E-state index contributed by atoms with van der Waals surface area (Å²) in [5, 5.41) is 10.6. The molecule has 5 nitrogen and oxygen atoms in total. The number of aryl methyl sites for hydroxylation is 1. The van der Waals surface area contributed by atoms with Gasteiger partial charge in [0.25, 0.3) is 0 Å². The quantitative estimate of drug-likeness (QED) is 0.510. The van der Waals surface area contributed by atoms with E-state index in [4.69, 9.17) is 4.74 Å². The van der Waals surface area contributed by atoms with Gasteiger partial charge in [0.05, 0.1) is 23.4 Å². The predicted octanol–water partition coefficient (Wildman–Crippen LogP) is 4.77. The number of hydrogen-bond donors (Lipinski definition) is 2. The summed E-state index contributed by atoms with van der Waals surface area (Å²) >= 11 is 0. The predicted molar refractivity (Wildman–Crippen MR) is 110 cm³/mol. The van der Waals surface area contributed by atoms with Gasteiger partial charge in [-0.3, -0.25) is 4.79 Å². The van der Waals surface area contributed by atoms with Crippen LogP contribution >= 0.6 is 0 Å². The van der Waals surface area contributed by atoms with Crippen LogP contribution in [0.4, 0.5) is 8.78 Å². The zero-order chi connectivity index (χ0) is 21.4. The van der Waals surface area contributed by atoms with E-state index >= 15 is 0 Å². The summed E-state index contributed by atoms with van der Waals surface area (Å²) in [5.41, 5.74) is 1.82. The number of pyridine rings is 2. The van der Waals surface area contributed by atoms with Crippen molar-refractivity contribution in [3.8, 4) is 22.9 Å². The number of aromatic nitrogens is 2. The number of halogens is 2. The van der Waals surface area contributed by atoms with Gasteiger partial charge in [-0.05, 0) is 38.1 Å². The van der Waals surface area contributed by atoms with Crippen LogP contribution < -0.4 is 10.2 Å². The molecule has 4 aromatic rings. The summed E-state index contributed by atoms with van der Waals surface area (Å²) in [7, 11) is 0. The molecule has 0 aliphatic rings. The normalized spacial score (nSPS) is 11.1. The van der Waals surface area contributed by atoms with Crippen LogP contribution in [0.15, 0.2) is 53.3 Å². The number of aliphatic hydroxyl groups excluding tert-OH is 1. The molecule has 7 heteroatoms. The number of hydrogen-bond acceptors (Lipinski definition) is 4. The Kier molecular flexibility index (Phi) is 5.05. The van der Waals surface area contributed by atoms with Crippen LogP contribution in [-0.4, -0.2) is 15.1 Å². The Morgan fingerprint density at radius 2 is 1.87 bits per heavy atom. The highest BCUT2D eigenvalue weighted by Gasteiger charge is 2.19. The molecule has 0 unspecified atom stereocenters. The van der Waals surface area contributed by atoms with Gasteiger partial charge in [-0.15, -0.1) is 0 Å². The third kappa shape index (κ3) is 3.44. The van der Waals surface area contributed by atoms with Crippen LogP contribution in [0.25, 0.3) is 22.2 Å². The maximum absolute atomic E-state index is 14.0. The Bertz CT molecular complexity index is 1330. The van der Waals surface area contributed by atoms with Gasteiger partial charge >= 0.3 is 0 Å². The van der Waals surface area contributed by atoms with Crippen molar-refractivity contribution < 1.29 is 18.6 Å². The standard InChI is InChI=1S/C23H18F2N2O3/c1-12-9-19(29)16(11-28)22(26-12)15-10-14-5-3-4-6-18(14)27-23(15)30-20-8-7-17(24)21(25)13(20)2/h3-10,28H,11H2,1-2H3,(H,26,29). The minimum absolute atomic E-state index is 0.00368. The molecule has 0 saturated carbocycles. The largest absolute Gasteiger partial charge is 0.438 e. The molecule has 0 atom stereocenters. The second kappa shape index (κ2) is 7.68. The zero-order valence-electron chi connectivity index (χ0n) is 16.3. The third-order valence-corrected chi connectivity index (χ3v) is 4.88. The molecule has 0 spiro atoms. The van der Waals surface area contributed by atoms with E-state index < -0.39 is 18.2 Å². The lowest BCUT2D eigenvalue weighted by molar-refractivity contribution is 0.281. The highest BCUT2D eigenvalue weighted by Crippen LogP contribution is 2.36. The number of ether oxygens (including phenoxy) is 1. The van der Waals surface area contributed by atoms with Crippen LogP contribution in [-0.2, 0) is 6.61 Å². The van der Waals surface area contributed by atoms with Crippen molar-refractivity contribution in [2.75, 3.05) is 0 Å². The molecular weight excluding hydrogens is 390 g/mol. The van der Waals surface area contributed by atoms with Gasteiger partial charge in [0.2, 0.25) is 5.88 Å². The van der Waals surface area contributed by atoms with E-state index in [1.54, 1.807) is 19.1 Å². The van der Waals surface area contributed by atoms with Crippen molar-refractivity contribution in [2.45, 2.75) is 20.5 Å². The minimum Gasteiger partial charge on any atom is -0.438 e. The van der Waals surface area contributed by atoms with Gasteiger partial charge in [-0.25, -0.2) is 13.8 Å². The smallest absolute Gasteiger partial charge is 0.229 e. The van der Waals surface area contributed by atoms with Crippen LogP contribution in [0.3, 0.4) is 0 Å². The maximum Gasteiger partial charge on any atom is 0.229 e. The van der Waals surface area contributed by atoms with Crippen LogP contribution in [0.5, 0.6) is 11.6 Å². The summed E-state index contributed by atoms with van der Waals surface area (Å²) in [4.78, 5) is 20.0. The summed E-state index contributed by atoms with van der Waals surface area (Å²) in [6.07, 6.45) is 0. The Morgan fingerprint density at radius 1 is 1.10 bits per heavy atom. The van der Waals surface area contributed by atoms with Crippen molar-refractivity contribution in [3.05, 3.63) is 87.2 Å². The van der Waals surface area contributed by atoms with Crippen molar-refractivity contribution in [1.29, 1.82) is 0 Å². The van der Waals surface area contributed by atoms with Gasteiger partial charge in [-0.2, -0.15) is 0 Å². The van der Waals surface area contributed by atoms with Gasteiger partial charge in [-0.1, -0.05) is 18.2 Å². The highest BCUT2D eigenvalue weighted by molar-refractivity contribution is 5.86. The molecule has 2 N–H and O–H groups in total. The fourth-order valence-electron chi connectivity index (χ4n) is 3.31. The van der Waals surface area contributed by atoms with Crippen molar-refractivity contribution >= 4 is 10.9 Å². The van der Waals surface area contributed by atoms with E-state index in [1.807, 2.05) is 18.2 Å². The highest BCUT2D eigenvalue weighted by atomic mass is 19.2. The molecule has 0 aliphatic carbocycles. The molecule has 2 aromatic heterocycles. The Morgan fingerprint density at radius 3 is 2.63 bits per heavy atom. The first-order valence-corrected chi connectivity index (χ1v) is 9.25. The molecule has 0 saturated heterocycles. The Labute approximate surface area is 170 Å². The topological polar surface area (TPSA) is 75.2 Å². The van der Waals surface area contributed by atoms with Crippen LogP contribution in [0.2, 0.25) is 0 Å². The SMILES string of the molecule is Cc1cc(=O)c(CO)c(-c2cc3ccccc3nc2Oc2ccc(F)c(F)c2C)[nH]1. The number of aliphatic hydroxyl groups is 1. The first-order valence-electron chi connectivity index (χ1n) is 9.25. The Balaban J connectivity index is 1.99. The summed E-state index contributed by atoms with van der Waals surface area (Å²) in [6, 6.07) is 12.8. The van der Waals surface area contributed by atoms with Gasteiger partial charge in [0, 0.05) is 28.3 Å². The molecule has 152 valence electrons. The molecular formula is C23H18F2N2O3. The molecule has 0 radical (unpaired) electrons. The lowest BCUT2D eigenvalue weighted by Crippen LogP contribution is -2.13. The summed E-state index contributed by atoms with van der Waals surface area (Å²) in [6.45, 7) is 2.64. The number of aromatic amines is 1. The molecule has 0 amide bonds. The molecule has 30 heavy (non-hydrogen) atoms. The number of para-hydroxylation sites is 1. The van der Waals surface area contributed by atoms with E-state index in [0.717, 1.165) is 11.5 Å². The number of H-pyrrole nitrogens is 1. The molecule has 4 rings (SSSR count). The van der Waals surface area contributed by atoms with E-state index in [1.165, 1.54) is 19.1 Å². The van der Waals surface area contributed by atoms with Gasteiger partial charge in [0.15, 0.2) is 17.1 Å². The average molecular weight is 408 g/mol. The van der Waals surface area contributed by atoms with E-state index in [9.17, 15) is 18.7 Å². The third-order valence-electron chi connectivity index (χ3n) is 4.88. The first-order chi connectivity index (χ1) is 14.4. The second-order valence-corrected chi connectivity index (χ2v) is 6.95. The lowest BCUT2D eigenvalue weighted by atomic mass is 10.0. The Hall–Kier alpha value is -3.58. The number of nitrogens with zero attached hydrogens (tertiary/aromatic N) is 1. The van der Waals surface area contributed by atoms with E-state index in [2.05, 4.69) is 9.97 Å². The molecule has 0 fully saturated rings. The number of rotatable bonds is 4. The monoisotopic (exact) mass is 408 g/mol. The minimum atomic E-state index is -1.00. The summed E-state index contributed by atoms with van der Waals surface area (Å²) < 4.78 is 33.5. The van der Waals surface area contributed by atoms with Crippen LogP contribution in [0, 0.1) is 25.5 Å². The average Bonchev–Trinajstić information content (AvgIpc) is 2.73. The zero-order valence-corrected chi connectivity index (χ0v) is 16.3. The van der Waals surface area contributed by atoms with E-state index in [-0.39, 0.29) is 28.2 Å². The maximum atomic E-state index is 14.0. The lowest BCUT2D eigenvalue weighted by Gasteiger charge is -2.16. The second-order valence-electron chi connectivity index (χ2n) is 6.95. The van der Waals surface area contributed by atoms with Crippen molar-refractivity contribution in [2.24, 2.45) is 0 Å². The summed E-state index contributed by atoms with van der Waals surface area (Å²) in [5.74, 6) is -1.79. The molecule has 0 aliphatic heterocycles. The number of benzene rings is 2. The van der Waals surface area contributed by atoms with E-state index in [0.29, 0.717) is 22.5 Å².